The zero-order chi connectivity index (χ0) is 14.0. The van der Waals surface area contributed by atoms with Gasteiger partial charge in [-0.15, -0.1) is 0 Å². The Morgan fingerprint density at radius 1 is 1.40 bits per heavy atom. The molecule has 2 saturated heterocycles. The first-order valence-electron chi connectivity index (χ1n) is 7.10. The number of ether oxygens (including phenoxy) is 2. The zero-order valence-corrected chi connectivity index (χ0v) is 11.8. The molecular weight excluding hydrogens is 254 g/mol. The number of rotatable bonds is 2. The van der Waals surface area contributed by atoms with Gasteiger partial charge in [-0.2, -0.15) is 5.26 Å². The lowest BCUT2D eigenvalue weighted by atomic mass is 9.88. The second kappa shape index (κ2) is 5.29. The first-order valence-corrected chi connectivity index (χ1v) is 7.10. The SMILES string of the molecule is COc1nccc(N2CCC3(CCCO3)CC2)c1C#N. The molecular formula is C15H19N3O2. The van der Waals surface area contributed by atoms with Gasteiger partial charge >= 0.3 is 0 Å². The number of anilines is 1. The number of methoxy groups -OCH3 is 1. The fourth-order valence-electron chi connectivity index (χ4n) is 3.26. The Labute approximate surface area is 119 Å². The topological polar surface area (TPSA) is 58.4 Å². The van der Waals surface area contributed by atoms with E-state index in [0.29, 0.717) is 11.4 Å². The second-order valence-electron chi connectivity index (χ2n) is 5.45. The fraction of sp³-hybridized carbons (Fsp3) is 0.600. The third kappa shape index (κ3) is 2.20. The van der Waals surface area contributed by atoms with Gasteiger partial charge in [-0.3, -0.25) is 0 Å². The van der Waals surface area contributed by atoms with E-state index in [4.69, 9.17) is 9.47 Å². The van der Waals surface area contributed by atoms with Crippen LogP contribution in [0, 0.1) is 11.3 Å². The predicted molar refractivity (Wildman–Crippen MR) is 74.9 cm³/mol. The molecule has 0 N–H and O–H groups in total. The summed E-state index contributed by atoms with van der Waals surface area (Å²) in [5, 5.41) is 9.34. The molecule has 20 heavy (non-hydrogen) atoms. The predicted octanol–water partition coefficient (Wildman–Crippen LogP) is 2.11. The molecule has 2 fully saturated rings. The largest absolute Gasteiger partial charge is 0.480 e. The maximum absolute atomic E-state index is 9.34. The van der Waals surface area contributed by atoms with E-state index >= 15 is 0 Å². The van der Waals surface area contributed by atoms with Gasteiger partial charge in [0.05, 0.1) is 18.4 Å². The van der Waals surface area contributed by atoms with Crippen molar-refractivity contribution in [1.29, 1.82) is 5.26 Å². The lowest BCUT2D eigenvalue weighted by molar-refractivity contribution is -0.0146. The van der Waals surface area contributed by atoms with Crippen molar-refractivity contribution in [3.8, 4) is 11.9 Å². The Kier molecular flexibility index (Phi) is 3.49. The molecule has 0 atom stereocenters. The minimum absolute atomic E-state index is 0.0976. The average molecular weight is 273 g/mol. The van der Waals surface area contributed by atoms with E-state index in [1.807, 2.05) is 6.07 Å². The van der Waals surface area contributed by atoms with Crippen LogP contribution in [0.15, 0.2) is 12.3 Å². The van der Waals surface area contributed by atoms with Gasteiger partial charge in [-0.05, 0) is 31.7 Å². The quantitative estimate of drug-likeness (QED) is 0.826. The summed E-state index contributed by atoms with van der Waals surface area (Å²) < 4.78 is 11.1. The van der Waals surface area contributed by atoms with E-state index in [1.165, 1.54) is 12.8 Å². The molecule has 0 aromatic carbocycles. The highest BCUT2D eigenvalue weighted by molar-refractivity contribution is 5.63. The lowest BCUT2D eigenvalue weighted by Crippen LogP contribution is -2.44. The number of pyridine rings is 1. The second-order valence-corrected chi connectivity index (χ2v) is 5.45. The van der Waals surface area contributed by atoms with Gasteiger partial charge in [0.2, 0.25) is 5.88 Å². The summed E-state index contributed by atoms with van der Waals surface area (Å²) in [6, 6.07) is 4.11. The van der Waals surface area contributed by atoms with Gasteiger partial charge in [0, 0.05) is 25.9 Å². The zero-order valence-electron chi connectivity index (χ0n) is 11.8. The van der Waals surface area contributed by atoms with Crippen LogP contribution in [0.4, 0.5) is 5.69 Å². The summed E-state index contributed by atoms with van der Waals surface area (Å²) in [5.41, 5.74) is 1.55. The molecule has 5 heteroatoms. The monoisotopic (exact) mass is 273 g/mol. The number of hydrogen-bond acceptors (Lipinski definition) is 5. The van der Waals surface area contributed by atoms with Crippen LogP contribution in [0.5, 0.6) is 5.88 Å². The van der Waals surface area contributed by atoms with E-state index in [9.17, 15) is 5.26 Å². The first-order chi connectivity index (χ1) is 9.78. The van der Waals surface area contributed by atoms with Crippen LogP contribution in [0.3, 0.4) is 0 Å². The standard InChI is InChI=1S/C15H19N3O2/c1-19-14-12(11-16)13(3-7-17-14)18-8-5-15(6-9-18)4-2-10-20-15/h3,7H,2,4-6,8-10H2,1H3. The van der Waals surface area contributed by atoms with Gasteiger partial charge in [-0.1, -0.05) is 0 Å². The summed E-state index contributed by atoms with van der Waals surface area (Å²) in [6.07, 6.45) is 6.11. The van der Waals surface area contributed by atoms with Crippen molar-refractivity contribution >= 4 is 5.69 Å². The van der Waals surface area contributed by atoms with Gasteiger partial charge in [0.15, 0.2) is 0 Å². The molecule has 106 valence electrons. The Balaban J connectivity index is 1.80. The Morgan fingerprint density at radius 2 is 2.20 bits per heavy atom. The first kappa shape index (κ1) is 13.2. The summed E-state index contributed by atoms with van der Waals surface area (Å²) >= 11 is 0. The number of nitrogens with zero attached hydrogens (tertiary/aromatic N) is 3. The van der Waals surface area contributed by atoms with Crippen LogP contribution >= 0.6 is 0 Å². The van der Waals surface area contributed by atoms with Crippen LogP contribution in [0.25, 0.3) is 0 Å². The molecule has 0 bridgehead atoms. The van der Waals surface area contributed by atoms with Crippen molar-refractivity contribution in [1.82, 2.24) is 4.98 Å². The number of aromatic nitrogens is 1. The third-order valence-corrected chi connectivity index (χ3v) is 4.40. The van der Waals surface area contributed by atoms with E-state index in [1.54, 1.807) is 13.3 Å². The van der Waals surface area contributed by atoms with Crippen molar-refractivity contribution in [2.75, 3.05) is 31.7 Å². The third-order valence-electron chi connectivity index (χ3n) is 4.40. The smallest absolute Gasteiger partial charge is 0.233 e. The van der Waals surface area contributed by atoms with Crippen LogP contribution < -0.4 is 9.64 Å². The van der Waals surface area contributed by atoms with Gasteiger partial charge in [0.25, 0.3) is 0 Å². The highest BCUT2D eigenvalue weighted by atomic mass is 16.5. The molecule has 0 aliphatic carbocycles. The van der Waals surface area contributed by atoms with Crippen LogP contribution in [-0.2, 0) is 4.74 Å². The van der Waals surface area contributed by atoms with E-state index in [2.05, 4.69) is 16.0 Å². The molecule has 5 nitrogen and oxygen atoms in total. The minimum Gasteiger partial charge on any atom is -0.480 e. The van der Waals surface area contributed by atoms with Crippen molar-refractivity contribution in [3.63, 3.8) is 0 Å². The Hall–Kier alpha value is -1.80. The normalized spacial score (nSPS) is 20.9. The molecule has 1 spiro atoms. The molecule has 3 rings (SSSR count). The minimum atomic E-state index is 0.0976. The Bertz CT molecular complexity index is 522. The van der Waals surface area contributed by atoms with E-state index in [-0.39, 0.29) is 5.60 Å². The number of nitriles is 1. The molecule has 1 aromatic heterocycles. The van der Waals surface area contributed by atoms with Gasteiger partial charge in [0.1, 0.15) is 11.6 Å². The molecule has 0 amide bonds. The van der Waals surface area contributed by atoms with Crippen LogP contribution in [-0.4, -0.2) is 37.4 Å². The molecule has 2 aliphatic heterocycles. The number of hydrogen-bond donors (Lipinski definition) is 0. The average Bonchev–Trinajstić information content (AvgIpc) is 2.95. The Morgan fingerprint density at radius 3 is 2.80 bits per heavy atom. The molecule has 3 heterocycles. The van der Waals surface area contributed by atoms with E-state index < -0.39 is 0 Å². The summed E-state index contributed by atoms with van der Waals surface area (Å²) in [6.45, 7) is 2.73. The van der Waals surface area contributed by atoms with E-state index in [0.717, 1.165) is 38.2 Å². The highest BCUT2D eigenvalue weighted by Crippen LogP contribution is 2.38. The maximum atomic E-state index is 9.34. The van der Waals surface area contributed by atoms with Gasteiger partial charge in [-0.25, -0.2) is 4.98 Å². The summed E-state index contributed by atoms with van der Waals surface area (Å²) in [7, 11) is 1.55. The van der Waals surface area contributed by atoms with Crippen molar-refractivity contribution < 1.29 is 9.47 Å². The molecule has 0 radical (unpaired) electrons. The fourth-order valence-corrected chi connectivity index (χ4v) is 3.26. The molecule has 0 unspecified atom stereocenters. The molecule has 1 aromatic rings. The number of piperidine rings is 1. The van der Waals surface area contributed by atoms with Crippen LogP contribution in [0.1, 0.15) is 31.2 Å². The van der Waals surface area contributed by atoms with Crippen molar-refractivity contribution in [3.05, 3.63) is 17.8 Å². The molecule has 0 saturated carbocycles. The highest BCUT2D eigenvalue weighted by Gasteiger charge is 2.38. The molecule has 2 aliphatic rings. The maximum Gasteiger partial charge on any atom is 0.233 e. The summed E-state index contributed by atoms with van der Waals surface area (Å²) in [4.78, 5) is 6.34. The summed E-state index contributed by atoms with van der Waals surface area (Å²) in [5.74, 6) is 0.405. The van der Waals surface area contributed by atoms with Crippen molar-refractivity contribution in [2.45, 2.75) is 31.3 Å². The van der Waals surface area contributed by atoms with Crippen LogP contribution in [0.2, 0.25) is 0 Å². The lowest BCUT2D eigenvalue weighted by Gasteiger charge is -2.39. The van der Waals surface area contributed by atoms with Gasteiger partial charge < -0.3 is 14.4 Å². The van der Waals surface area contributed by atoms with Crippen molar-refractivity contribution in [2.24, 2.45) is 0 Å².